The van der Waals surface area contributed by atoms with E-state index in [1.54, 1.807) is 6.92 Å². The van der Waals surface area contributed by atoms with E-state index in [-0.39, 0.29) is 5.97 Å². The molecule has 0 aliphatic carbocycles. The molecular formula is C13H28O5Si. The molecule has 1 atom stereocenters. The van der Waals surface area contributed by atoms with Crippen molar-refractivity contribution in [1.82, 2.24) is 0 Å². The minimum atomic E-state index is -3.00. The van der Waals surface area contributed by atoms with Crippen molar-refractivity contribution in [2.45, 2.75) is 53.0 Å². The van der Waals surface area contributed by atoms with Crippen LogP contribution >= 0.6 is 0 Å². The Labute approximate surface area is 117 Å². The monoisotopic (exact) mass is 292 g/mol. The van der Waals surface area contributed by atoms with Gasteiger partial charge in [-0.2, -0.15) is 0 Å². The Hall–Kier alpha value is -0.433. The summed E-state index contributed by atoms with van der Waals surface area (Å²) in [5, 5.41) is 0. The molecule has 0 fully saturated rings. The standard InChI is InChI=1S/C13H28O5Si/c1-6-10-11-15-13(14)12(5)19(16-7-2,17-8-3)18-9-4/h12H,6-11H2,1-5H3. The van der Waals surface area contributed by atoms with Gasteiger partial charge >= 0.3 is 14.8 Å². The third kappa shape index (κ3) is 6.03. The fourth-order valence-electron chi connectivity index (χ4n) is 1.69. The molecule has 0 rings (SSSR count). The van der Waals surface area contributed by atoms with Crippen molar-refractivity contribution >= 4 is 14.8 Å². The molecule has 0 heterocycles. The summed E-state index contributed by atoms with van der Waals surface area (Å²) in [5.41, 5.74) is -0.496. The topological polar surface area (TPSA) is 54.0 Å². The van der Waals surface area contributed by atoms with Crippen LogP contribution in [0.1, 0.15) is 47.5 Å². The Morgan fingerprint density at radius 3 is 1.84 bits per heavy atom. The van der Waals surface area contributed by atoms with E-state index in [0.717, 1.165) is 12.8 Å². The molecule has 0 aromatic heterocycles. The molecule has 0 aliphatic heterocycles. The van der Waals surface area contributed by atoms with Gasteiger partial charge < -0.3 is 18.0 Å². The fraction of sp³-hybridized carbons (Fsp3) is 0.923. The van der Waals surface area contributed by atoms with Crippen LogP contribution in [0.3, 0.4) is 0 Å². The Kier molecular flexibility index (Phi) is 10.1. The summed E-state index contributed by atoms with van der Waals surface area (Å²) >= 11 is 0. The second-order valence-electron chi connectivity index (χ2n) is 4.15. The highest BCUT2D eigenvalue weighted by Crippen LogP contribution is 2.27. The van der Waals surface area contributed by atoms with Crippen molar-refractivity contribution in [2.24, 2.45) is 0 Å². The highest BCUT2D eigenvalue weighted by atomic mass is 28.4. The SMILES string of the molecule is CCCCOC(=O)C(C)[Si](OCC)(OCC)OCC. The van der Waals surface area contributed by atoms with Gasteiger partial charge in [-0.1, -0.05) is 13.3 Å². The first-order valence-corrected chi connectivity index (χ1v) is 8.96. The first-order valence-electron chi connectivity index (χ1n) is 7.16. The summed E-state index contributed by atoms with van der Waals surface area (Å²) in [5.74, 6) is -0.296. The van der Waals surface area contributed by atoms with Gasteiger partial charge in [0.15, 0.2) is 0 Å². The number of ether oxygens (including phenoxy) is 1. The molecule has 0 bridgehead atoms. The van der Waals surface area contributed by atoms with Gasteiger partial charge in [0.25, 0.3) is 0 Å². The summed E-state index contributed by atoms with van der Waals surface area (Å²) in [6.45, 7) is 11.2. The van der Waals surface area contributed by atoms with Crippen LogP contribution < -0.4 is 0 Å². The number of carbonyl (C=O) groups is 1. The largest absolute Gasteiger partial charge is 0.515 e. The zero-order valence-electron chi connectivity index (χ0n) is 12.9. The van der Waals surface area contributed by atoms with Gasteiger partial charge in [0.1, 0.15) is 5.54 Å². The van der Waals surface area contributed by atoms with Crippen LogP contribution in [0.5, 0.6) is 0 Å². The summed E-state index contributed by atoms with van der Waals surface area (Å²) in [6.07, 6.45) is 1.86. The van der Waals surface area contributed by atoms with Crippen LogP contribution in [0.15, 0.2) is 0 Å². The first-order chi connectivity index (χ1) is 9.07. The predicted octanol–water partition coefficient (Wildman–Crippen LogP) is 2.77. The number of esters is 1. The number of rotatable bonds is 11. The van der Waals surface area contributed by atoms with Crippen LogP contribution in [0.25, 0.3) is 0 Å². The molecule has 0 N–H and O–H groups in total. The average Bonchev–Trinajstić information content (AvgIpc) is 2.38. The molecule has 114 valence electrons. The van der Waals surface area contributed by atoms with Crippen LogP contribution in [0.2, 0.25) is 5.54 Å². The van der Waals surface area contributed by atoms with E-state index in [9.17, 15) is 4.79 Å². The second-order valence-corrected chi connectivity index (χ2v) is 7.08. The molecule has 0 radical (unpaired) electrons. The summed E-state index contributed by atoms with van der Waals surface area (Å²) in [4.78, 5) is 12.1. The molecular weight excluding hydrogens is 264 g/mol. The van der Waals surface area contributed by atoms with Crippen molar-refractivity contribution in [3.05, 3.63) is 0 Å². The summed E-state index contributed by atoms with van der Waals surface area (Å²) < 4.78 is 22.3. The Morgan fingerprint density at radius 1 is 1.00 bits per heavy atom. The molecule has 0 saturated heterocycles. The molecule has 0 aromatic carbocycles. The van der Waals surface area contributed by atoms with Gasteiger partial charge in [-0.3, -0.25) is 4.79 Å². The van der Waals surface area contributed by atoms with Crippen LogP contribution in [-0.2, 0) is 22.8 Å². The van der Waals surface area contributed by atoms with Gasteiger partial charge in [0, 0.05) is 19.8 Å². The number of carbonyl (C=O) groups excluding carboxylic acids is 1. The number of unbranched alkanes of at least 4 members (excludes halogenated alkanes) is 1. The first kappa shape index (κ1) is 18.6. The lowest BCUT2D eigenvalue weighted by atomic mass is 10.4. The van der Waals surface area contributed by atoms with Crippen LogP contribution in [0, 0.1) is 0 Å². The lowest BCUT2D eigenvalue weighted by Gasteiger charge is -2.32. The maximum Gasteiger partial charge on any atom is 0.515 e. The molecule has 6 heteroatoms. The average molecular weight is 292 g/mol. The van der Waals surface area contributed by atoms with E-state index < -0.39 is 14.3 Å². The Morgan fingerprint density at radius 2 is 1.47 bits per heavy atom. The van der Waals surface area contributed by atoms with Crippen molar-refractivity contribution in [1.29, 1.82) is 0 Å². The molecule has 0 aromatic rings. The third-order valence-corrected chi connectivity index (χ3v) is 6.03. The quantitative estimate of drug-likeness (QED) is 0.333. The van der Waals surface area contributed by atoms with Crippen LogP contribution in [-0.4, -0.2) is 41.2 Å². The van der Waals surface area contributed by atoms with E-state index in [1.807, 2.05) is 20.8 Å². The fourth-order valence-corrected chi connectivity index (χ4v) is 4.27. The lowest BCUT2D eigenvalue weighted by Crippen LogP contribution is -2.52. The van der Waals surface area contributed by atoms with E-state index >= 15 is 0 Å². The van der Waals surface area contributed by atoms with Crippen molar-refractivity contribution in [3.63, 3.8) is 0 Å². The minimum Gasteiger partial charge on any atom is -0.465 e. The van der Waals surface area contributed by atoms with Gasteiger partial charge in [0.2, 0.25) is 0 Å². The van der Waals surface area contributed by atoms with Crippen molar-refractivity contribution < 1.29 is 22.8 Å². The zero-order chi connectivity index (χ0) is 14.7. The maximum atomic E-state index is 12.1. The molecule has 0 spiro atoms. The van der Waals surface area contributed by atoms with Crippen LogP contribution in [0.4, 0.5) is 0 Å². The van der Waals surface area contributed by atoms with E-state index in [4.69, 9.17) is 18.0 Å². The molecule has 19 heavy (non-hydrogen) atoms. The molecule has 0 saturated carbocycles. The van der Waals surface area contributed by atoms with E-state index in [1.165, 1.54) is 0 Å². The normalized spacial score (nSPS) is 13.3. The second kappa shape index (κ2) is 10.4. The Bertz CT molecular complexity index is 230. The Balaban J connectivity index is 4.74. The third-order valence-electron chi connectivity index (χ3n) is 2.66. The zero-order valence-corrected chi connectivity index (χ0v) is 13.9. The number of hydrogen-bond donors (Lipinski definition) is 0. The molecule has 5 nitrogen and oxygen atoms in total. The van der Waals surface area contributed by atoms with Gasteiger partial charge in [-0.25, -0.2) is 0 Å². The predicted molar refractivity (Wildman–Crippen MR) is 75.9 cm³/mol. The van der Waals surface area contributed by atoms with Gasteiger partial charge in [-0.05, 0) is 34.1 Å². The smallest absolute Gasteiger partial charge is 0.465 e. The highest BCUT2D eigenvalue weighted by Gasteiger charge is 2.51. The molecule has 0 aliphatic rings. The minimum absolute atomic E-state index is 0.296. The number of hydrogen-bond acceptors (Lipinski definition) is 5. The summed E-state index contributed by atoms with van der Waals surface area (Å²) in [7, 11) is -3.00. The van der Waals surface area contributed by atoms with Crippen molar-refractivity contribution in [2.75, 3.05) is 26.4 Å². The molecule has 0 amide bonds. The van der Waals surface area contributed by atoms with E-state index in [2.05, 4.69) is 6.92 Å². The van der Waals surface area contributed by atoms with Gasteiger partial charge in [-0.15, -0.1) is 0 Å². The molecule has 1 unspecified atom stereocenters. The lowest BCUT2D eigenvalue weighted by molar-refractivity contribution is -0.145. The van der Waals surface area contributed by atoms with Gasteiger partial charge in [0.05, 0.1) is 6.61 Å². The van der Waals surface area contributed by atoms with E-state index in [0.29, 0.717) is 26.4 Å². The highest BCUT2D eigenvalue weighted by molar-refractivity contribution is 6.66. The summed E-state index contributed by atoms with van der Waals surface area (Å²) in [6, 6.07) is 0. The van der Waals surface area contributed by atoms with Crippen molar-refractivity contribution in [3.8, 4) is 0 Å². The maximum absolute atomic E-state index is 12.1.